The number of aliphatic hydroxyl groups excluding tert-OH is 5. The molecule has 1 rings (SSSR count). The summed E-state index contributed by atoms with van der Waals surface area (Å²) >= 11 is 0. The molecule has 0 saturated heterocycles. The van der Waals surface area contributed by atoms with Crippen molar-refractivity contribution in [3.8, 4) is 0 Å². The van der Waals surface area contributed by atoms with Gasteiger partial charge >= 0.3 is 6.03 Å². The van der Waals surface area contributed by atoms with E-state index in [0.717, 1.165) is 0 Å². The first-order valence-electron chi connectivity index (χ1n) is 8.98. The highest BCUT2D eigenvalue weighted by molar-refractivity contribution is 5.74. The molecule has 0 aromatic heterocycles. The molecule has 1 aliphatic rings. The lowest BCUT2D eigenvalue weighted by Crippen LogP contribution is -2.59. The van der Waals surface area contributed by atoms with Crippen molar-refractivity contribution < 1.29 is 30.3 Å². The topological polar surface area (TPSA) is 154 Å². The van der Waals surface area contributed by atoms with Gasteiger partial charge in [0.25, 0.3) is 0 Å². The molecule has 7 atom stereocenters. The third-order valence-electron chi connectivity index (χ3n) is 4.63. The summed E-state index contributed by atoms with van der Waals surface area (Å²) in [7, 11) is 0. The van der Waals surface area contributed by atoms with Gasteiger partial charge in [-0.15, -0.1) is 0 Å². The molecule has 1 aliphatic carbocycles. The monoisotopic (exact) mass is 363 g/mol. The summed E-state index contributed by atoms with van der Waals surface area (Å²) in [5.41, 5.74) is 0. The molecule has 1 fully saturated rings. The van der Waals surface area contributed by atoms with Crippen molar-refractivity contribution in [3.05, 3.63) is 0 Å². The van der Waals surface area contributed by atoms with Crippen LogP contribution in [0.15, 0.2) is 0 Å². The highest BCUT2D eigenvalue weighted by Crippen LogP contribution is 2.20. The number of aliphatic hydroxyl groups is 5. The Labute approximate surface area is 148 Å². The Morgan fingerprint density at radius 3 is 2.40 bits per heavy atom. The minimum Gasteiger partial charge on any atom is -0.393 e. The number of nitrogens with one attached hydrogen (secondary N) is 3. The van der Waals surface area contributed by atoms with Crippen LogP contribution in [0.25, 0.3) is 0 Å². The van der Waals surface area contributed by atoms with Crippen molar-refractivity contribution >= 4 is 6.03 Å². The largest absolute Gasteiger partial charge is 0.393 e. The van der Waals surface area contributed by atoms with E-state index in [1.165, 1.54) is 0 Å². The van der Waals surface area contributed by atoms with Gasteiger partial charge < -0.3 is 41.5 Å². The second-order valence-electron chi connectivity index (χ2n) is 6.62. The van der Waals surface area contributed by atoms with Gasteiger partial charge in [0.1, 0.15) is 6.10 Å². The fraction of sp³-hybridized carbons (Fsp3) is 0.938. The molecule has 25 heavy (non-hydrogen) atoms. The quantitative estimate of drug-likeness (QED) is 0.236. The van der Waals surface area contributed by atoms with Crippen LogP contribution in [0.4, 0.5) is 4.79 Å². The van der Waals surface area contributed by atoms with Crippen LogP contribution in [0.1, 0.15) is 39.5 Å². The van der Waals surface area contributed by atoms with Crippen LogP contribution >= 0.6 is 0 Å². The minimum atomic E-state index is -1.23. The Kier molecular flexibility index (Phi) is 9.62. The molecule has 9 heteroatoms. The van der Waals surface area contributed by atoms with Crippen LogP contribution in [0.3, 0.4) is 0 Å². The number of carbonyl (C=O) groups is 1. The summed E-state index contributed by atoms with van der Waals surface area (Å²) < 4.78 is 0. The molecule has 2 amide bonds. The molecule has 1 saturated carbocycles. The summed E-state index contributed by atoms with van der Waals surface area (Å²) in [6.45, 7) is 4.16. The molecule has 0 bridgehead atoms. The van der Waals surface area contributed by atoms with E-state index in [1.54, 1.807) is 13.8 Å². The minimum absolute atomic E-state index is 0.115. The van der Waals surface area contributed by atoms with E-state index in [4.69, 9.17) is 0 Å². The van der Waals surface area contributed by atoms with E-state index >= 15 is 0 Å². The van der Waals surface area contributed by atoms with E-state index < -0.39 is 48.6 Å². The Morgan fingerprint density at radius 1 is 1.12 bits per heavy atom. The molecular weight excluding hydrogens is 330 g/mol. The summed E-state index contributed by atoms with van der Waals surface area (Å²) in [6, 6.07) is -1.57. The average Bonchev–Trinajstić information content (AvgIpc) is 2.57. The zero-order valence-electron chi connectivity index (χ0n) is 14.9. The fourth-order valence-electron chi connectivity index (χ4n) is 2.93. The summed E-state index contributed by atoms with van der Waals surface area (Å²) in [5.74, 6) is 0. The van der Waals surface area contributed by atoms with E-state index in [-0.39, 0.29) is 13.0 Å². The molecule has 0 heterocycles. The van der Waals surface area contributed by atoms with Gasteiger partial charge in [-0.2, -0.15) is 0 Å². The second-order valence-corrected chi connectivity index (χ2v) is 6.62. The third-order valence-corrected chi connectivity index (χ3v) is 4.63. The lowest BCUT2D eigenvalue weighted by atomic mass is 9.87. The van der Waals surface area contributed by atoms with Gasteiger partial charge in [-0.1, -0.05) is 6.92 Å². The average molecular weight is 363 g/mol. The number of rotatable bonds is 9. The lowest BCUT2D eigenvalue weighted by molar-refractivity contribution is -0.0986. The number of hydrogen-bond donors (Lipinski definition) is 8. The zero-order valence-corrected chi connectivity index (χ0v) is 14.9. The first kappa shape index (κ1) is 22.1. The maximum atomic E-state index is 11.8. The predicted molar refractivity (Wildman–Crippen MR) is 92.0 cm³/mol. The highest BCUT2D eigenvalue weighted by Gasteiger charge is 2.36. The van der Waals surface area contributed by atoms with Crippen molar-refractivity contribution in [2.24, 2.45) is 0 Å². The SMILES string of the molecule is CCNC(=O)NC(CNC1CCC(O)C(O)C1O)C(O)CC(O)CC. The first-order chi connectivity index (χ1) is 11.8. The zero-order chi connectivity index (χ0) is 19.0. The van der Waals surface area contributed by atoms with Crippen molar-refractivity contribution in [1.29, 1.82) is 0 Å². The lowest BCUT2D eigenvalue weighted by Gasteiger charge is -2.37. The second kappa shape index (κ2) is 10.9. The summed E-state index contributed by atoms with van der Waals surface area (Å²) in [5, 5.41) is 57.7. The van der Waals surface area contributed by atoms with Crippen LogP contribution in [-0.4, -0.2) is 87.3 Å². The van der Waals surface area contributed by atoms with Gasteiger partial charge in [0.15, 0.2) is 0 Å². The maximum Gasteiger partial charge on any atom is 0.315 e. The third kappa shape index (κ3) is 7.04. The number of carbonyl (C=O) groups excluding carboxylic acids is 1. The Morgan fingerprint density at radius 2 is 1.80 bits per heavy atom. The molecule has 0 aliphatic heterocycles. The van der Waals surface area contributed by atoms with Crippen LogP contribution in [0.5, 0.6) is 0 Å². The Hall–Kier alpha value is -0.970. The van der Waals surface area contributed by atoms with Gasteiger partial charge in [0.05, 0.1) is 30.5 Å². The molecule has 9 nitrogen and oxygen atoms in total. The van der Waals surface area contributed by atoms with Crippen molar-refractivity contribution in [2.45, 2.75) is 82.1 Å². The number of urea groups is 1. The van der Waals surface area contributed by atoms with Crippen molar-refractivity contribution in [3.63, 3.8) is 0 Å². The van der Waals surface area contributed by atoms with E-state index in [0.29, 0.717) is 25.8 Å². The van der Waals surface area contributed by atoms with Crippen LogP contribution in [-0.2, 0) is 0 Å². The fourth-order valence-corrected chi connectivity index (χ4v) is 2.93. The first-order valence-corrected chi connectivity index (χ1v) is 8.98. The standard InChI is InChI=1S/C16H33N3O6/c1-3-9(20)7-13(22)11(19-16(25)17-4-2)8-18-10-5-6-12(21)15(24)14(10)23/h9-15,18,20-24H,3-8H2,1-2H3,(H2,17,19,25). The molecule has 0 spiro atoms. The van der Waals surface area contributed by atoms with E-state index in [9.17, 15) is 30.3 Å². The maximum absolute atomic E-state index is 11.8. The van der Waals surface area contributed by atoms with Crippen molar-refractivity contribution in [1.82, 2.24) is 16.0 Å². The van der Waals surface area contributed by atoms with Crippen LogP contribution < -0.4 is 16.0 Å². The van der Waals surface area contributed by atoms with E-state index in [2.05, 4.69) is 16.0 Å². The molecule has 7 unspecified atom stereocenters. The predicted octanol–water partition coefficient (Wildman–Crippen LogP) is -1.97. The normalized spacial score (nSPS) is 30.4. The van der Waals surface area contributed by atoms with Crippen LogP contribution in [0.2, 0.25) is 0 Å². The summed E-state index contributed by atoms with van der Waals surface area (Å²) in [6.07, 6.45) is -3.55. The molecule has 0 aromatic rings. The Balaban J connectivity index is 2.64. The van der Waals surface area contributed by atoms with Gasteiger partial charge in [-0.05, 0) is 26.2 Å². The van der Waals surface area contributed by atoms with Gasteiger partial charge in [-0.25, -0.2) is 4.79 Å². The molecule has 148 valence electrons. The van der Waals surface area contributed by atoms with Gasteiger partial charge in [-0.3, -0.25) is 0 Å². The highest BCUT2D eigenvalue weighted by atomic mass is 16.4. The van der Waals surface area contributed by atoms with Crippen molar-refractivity contribution in [2.75, 3.05) is 13.1 Å². The Bertz CT molecular complexity index is 400. The molecular formula is C16H33N3O6. The number of amides is 2. The van der Waals surface area contributed by atoms with Gasteiger partial charge in [0, 0.05) is 25.6 Å². The van der Waals surface area contributed by atoms with Crippen LogP contribution in [0, 0.1) is 0 Å². The van der Waals surface area contributed by atoms with E-state index in [1.807, 2.05) is 0 Å². The molecule has 0 radical (unpaired) electrons. The smallest absolute Gasteiger partial charge is 0.315 e. The number of hydrogen-bond acceptors (Lipinski definition) is 7. The summed E-state index contributed by atoms with van der Waals surface area (Å²) in [4.78, 5) is 11.8. The molecule has 0 aromatic carbocycles. The molecule has 8 N–H and O–H groups in total. The van der Waals surface area contributed by atoms with Gasteiger partial charge in [0.2, 0.25) is 0 Å².